The summed E-state index contributed by atoms with van der Waals surface area (Å²) < 4.78 is 64.7. The normalized spacial score (nSPS) is 22.0. The Morgan fingerprint density at radius 2 is 0.912 bits per heavy atom. The van der Waals surface area contributed by atoms with Crippen LogP contribution in [0.15, 0.2) is 176 Å². The summed E-state index contributed by atoms with van der Waals surface area (Å²) in [5.41, 5.74) is 1.93. The number of rotatable bonds is 21. The van der Waals surface area contributed by atoms with E-state index in [-0.39, 0.29) is 52.0 Å². The number of hydrogen-bond donors (Lipinski definition) is 0. The van der Waals surface area contributed by atoms with Crippen molar-refractivity contribution in [2.75, 3.05) is 13.2 Å². The van der Waals surface area contributed by atoms with E-state index in [4.69, 9.17) is 47.1 Å². The predicted molar refractivity (Wildman–Crippen MR) is 294 cm³/mol. The van der Waals surface area contributed by atoms with Crippen LogP contribution in [0.4, 0.5) is 0 Å². The number of nitrogens with zero attached hydrogens (tertiary/aromatic N) is 1. The molecular weight excluding hydrogens is 1040 g/mol. The van der Waals surface area contributed by atoms with Crippen molar-refractivity contribution in [2.24, 2.45) is 5.92 Å². The van der Waals surface area contributed by atoms with Gasteiger partial charge in [-0.15, -0.1) is 0 Å². The Bertz CT molecular complexity index is 3050. The molecule has 2 aliphatic rings. The zero-order valence-corrected chi connectivity index (χ0v) is 46.3. The highest BCUT2D eigenvalue weighted by Gasteiger charge is 2.55. The SMILES string of the molecule is CC(C)C(C)(C)[Si](C)(C)OC[C@H]1O[C@@H](OC[C@H]2[CH][C@H](OC(=O)c3ccccc3)[C@@H](OC(=O)c3ccccc3)[C@H](OCc3ccc(C#N)cc3)O2)[C@H](OC(=O)c2ccccc2)[C@@H](OC(=O)c2ccccc2)[C@@H]1OC(=O)c1ccccc1. The van der Waals surface area contributed by atoms with Crippen LogP contribution in [0.5, 0.6) is 0 Å². The van der Waals surface area contributed by atoms with Crippen LogP contribution in [-0.4, -0.2) is 107 Å². The van der Waals surface area contributed by atoms with Gasteiger partial charge in [0.1, 0.15) is 12.2 Å². The van der Waals surface area contributed by atoms with Gasteiger partial charge in [0, 0.05) is 6.42 Å². The standard InChI is InChI=1S/C63H64NO15Si/c1-41(2)63(3,4)80(5,6)72-40-51-52(76-57(66)45-24-14-8-15-25-45)54(78-59(68)47-28-18-10-19-29-47)55(79-60(69)48-30-20-11-21-31-48)62(75-51)71-39-49-36-50(74-56(65)44-22-12-7-13-23-44)53(77-58(67)46-26-16-9-17-27-46)61(73-49)70-38-43-34-32-42(37-64)33-35-43/h7-36,41,49-55,61-62H,38-40H2,1-6H3/t49-,50+,51-,52-,53-,54+,55-,61-,62-/m1/s1. The fourth-order valence-corrected chi connectivity index (χ4v) is 11.2. The summed E-state index contributed by atoms with van der Waals surface area (Å²) in [6.45, 7) is 11.9. The van der Waals surface area contributed by atoms with Crippen LogP contribution in [0.1, 0.15) is 90.6 Å². The topological polar surface area (TPSA) is 201 Å². The zero-order chi connectivity index (χ0) is 56.8. The Morgan fingerprint density at radius 1 is 0.512 bits per heavy atom. The monoisotopic (exact) mass is 1100 g/mol. The van der Waals surface area contributed by atoms with Crippen molar-refractivity contribution in [1.29, 1.82) is 5.26 Å². The summed E-state index contributed by atoms with van der Waals surface area (Å²) in [6, 6.07) is 49.7. The van der Waals surface area contributed by atoms with Crippen molar-refractivity contribution in [3.05, 3.63) is 221 Å². The van der Waals surface area contributed by atoms with Crippen molar-refractivity contribution in [2.45, 2.75) is 108 Å². The van der Waals surface area contributed by atoms with Gasteiger partial charge in [-0.3, -0.25) is 0 Å². The molecule has 0 unspecified atom stereocenters. The van der Waals surface area contributed by atoms with E-state index in [9.17, 15) is 29.2 Å². The van der Waals surface area contributed by atoms with Crippen LogP contribution in [0.3, 0.4) is 0 Å². The summed E-state index contributed by atoms with van der Waals surface area (Å²) in [4.78, 5) is 70.8. The van der Waals surface area contributed by atoms with Gasteiger partial charge < -0.3 is 47.1 Å². The number of nitriles is 1. The maximum absolute atomic E-state index is 14.4. The molecule has 0 N–H and O–H groups in total. The first-order valence-electron chi connectivity index (χ1n) is 26.3. The van der Waals surface area contributed by atoms with Crippen LogP contribution in [0.25, 0.3) is 0 Å². The van der Waals surface area contributed by atoms with Gasteiger partial charge in [-0.25, -0.2) is 24.0 Å². The molecule has 0 amide bonds. The van der Waals surface area contributed by atoms with Crippen molar-refractivity contribution < 1.29 is 71.0 Å². The van der Waals surface area contributed by atoms with Crippen LogP contribution in [-0.2, 0) is 53.7 Å². The molecule has 2 saturated heterocycles. The second-order valence-corrected chi connectivity index (χ2v) is 25.2. The molecule has 415 valence electrons. The van der Waals surface area contributed by atoms with E-state index in [0.717, 1.165) is 0 Å². The second-order valence-electron chi connectivity index (χ2n) is 20.6. The minimum atomic E-state index is -2.69. The van der Waals surface area contributed by atoms with E-state index in [2.05, 4.69) is 46.9 Å². The minimum Gasteiger partial charge on any atom is -0.454 e. The van der Waals surface area contributed by atoms with Crippen LogP contribution in [0.2, 0.25) is 18.1 Å². The molecule has 1 radical (unpaired) electrons. The summed E-state index contributed by atoms with van der Waals surface area (Å²) in [5.74, 6) is -3.79. The molecule has 0 aliphatic carbocycles. The first-order valence-corrected chi connectivity index (χ1v) is 29.2. The molecule has 16 nitrogen and oxygen atoms in total. The maximum atomic E-state index is 14.4. The van der Waals surface area contributed by atoms with E-state index < -0.39 is 100 Å². The number of carbonyl (C=O) groups is 5. The summed E-state index contributed by atoms with van der Waals surface area (Å²) >= 11 is 0. The lowest BCUT2D eigenvalue weighted by Gasteiger charge is -2.47. The van der Waals surface area contributed by atoms with Gasteiger partial charge in [-0.1, -0.05) is 131 Å². The van der Waals surface area contributed by atoms with Crippen LogP contribution in [0, 0.1) is 23.7 Å². The molecular formula is C63H64NO15Si. The second kappa shape index (κ2) is 26.9. The summed E-state index contributed by atoms with van der Waals surface area (Å²) in [6.07, 6.45) is -11.5. The Morgan fingerprint density at radius 3 is 1.35 bits per heavy atom. The summed E-state index contributed by atoms with van der Waals surface area (Å²) in [7, 11) is -2.69. The number of esters is 5. The van der Waals surface area contributed by atoms with Crippen molar-refractivity contribution in [3.63, 3.8) is 0 Å². The third-order valence-electron chi connectivity index (χ3n) is 14.7. The first-order chi connectivity index (χ1) is 38.5. The molecule has 6 aromatic rings. The molecule has 2 fully saturated rings. The first kappa shape index (κ1) is 58.3. The lowest BCUT2D eigenvalue weighted by molar-refractivity contribution is -0.311. The third-order valence-corrected chi connectivity index (χ3v) is 19.3. The van der Waals surface area contributed by atoms with Gasteiger partial charge >= 0.3 is 29.8 Å². The summed E-state index contributed by atoms with van der Waals surface area (Å²) in [5, 5.41) is 9.18. The van der Waals surface area contributed by atoms with E-state index in [1.165, 1.54) is 6.42 Å². The minimum absolute atomic E-state index is 0.113. The number of hydrogen-bond acceptors (Lipinski definition) is 16. The lowest BCUT2D eigenvalue weighted by atomic mass is 9.97. The Hall–Kier alpha value is -7.82. The molecule has 2 aliphatic heterocycles. The molecule has 17 heteroatoms. The Balaban J connectivity index is 1.18. The lowest BCUT2D eigenvalue weighted by Crippen LogP contribution is -2.64. The molecule has 0 bridgehead atoms. The largest absolute Gasteiger partial charge is 0.454 e. The van der Waals surface area contributed by atoms with Gasteiger partial charge in [-0.2, -0.15) is 5.26 Å². The Labute approximate surface area is 466 Å². The highest BCUT2D eigenvalue weighted by atomic mass is 28.4. The van der Waals surface area contributed by atoms with E-state index in [1.807, 2.05) is 0 Å². The highest BCUT2D eigenvalue weighted by molar-refractivity contribution is 6.74. The van der Waals surface area contributed by atoms with Crippen LogP contribution >= 0.6 is 0 Å². The molecule has 0 aromatic heterocycles. The van der Waals surface area contributed by atoms with Gasteiger partial charge in [-0.05, 0) is 102 Å². The zero-order valence-electron chi connectivity index (χ0n) is 45.3. The number of carbonyl (C=O) groups excluding carboxylic acids is 5. The molecule has 6 aromatic carbocycles. The molecule has 8 rings (SSSR count). The van der Waals surface area contributed by atoms with Crippen molar-refractivity contribution in [3.8, 4) is 6.07 Å². The van der Waals surface area contributed by atoms with Gasteiger partial charge in [0.2, 0.25) is 0 Å². The Kier molecular flexibility index (Phi) is 19.6. The fraction of sp³-hybridized carbons (Fsp3) is 0.317. The molecule has 0 spiro atoms. The molecule has 9 atom stereocenters. The molecule has 2 heterocycles. The third kappa shape index (κ3) is 14.7. The smallest absolute Gasteiger partial charge is 0.338 e. The molecule has 80 heavy (non-hydrogen) atoms. The fourth-order valence-electron chi connectivity index (χ4n) is 8.82. The van der Waals surface area contributed by atoms with Gasteiger partial charge in [0.15, 0.2) is 45.3 Å². The van der Waals surface area contributed by atoms with Gasteiger partial charge in [0.25, 0.3) is 0 Å². The van der Waals surface area contributed by atoms with Gasteiger partial charge in [0.05, 0.1) is 65.4 Å². The molecule has 0 saturated carbocycles. The van der Waals surface area contributed by atoms with E-state index in [0.29, 0.717) is 11.1 Å². The van der Waals surface area contributed by atoms with Crippen molar-refractivity contribution >= 4 is 38.2 Å². The highest BCUT2D eigenvalue weighted by Crippen LogP contribution is 2.45. The predicted octanol–water partition coefficient (Wildman–Crippen LogP) is 10.5. The average Bonchev–Trinajstić information content (AvgIpc) is 3.57. The van der Waals surface area contributed by atoms with Crippen LogP contribution < -0.4 is 0 Å². The average molecular weight is 1100 g/mol. The van der Waals surface area contributed by atoms with E-state index in [1.54, 1.807) is 176 Å². The van der Waals surface area contributed by atoms with E-state index >= 15 is 0 Å². The number of ether oxygens (including phenoxy) is 9. The number of benzene rings is 6. The quantitative estimate of drug-likeness (QED) is 0.0374. The van der Waals surface area contributed by atoms with Crippen molar-refractivity contribution in [1.82, 2.24) is 0 Å². The maximum Gasteiger partial charge on any atom is 0.338 e.